The summed E-state index contributed by atoms with van der Waals surface area (Å²) < 4.78 is 1.40. The third-order valence-electron chi connectivity index (χ3n) is 6.81. The van der Waals surface area contributed by atoms with Gasteiger partial charge in [0.05, 0.1) is 16.6 Å². The number of thiazole rings is 1. The molecule has 4 heterocycles. The van der Waals surface area contributed by atoms with Crippen LogP contribution in [0.1, 0.15) is 21.9 Å². The predicted molar refractivity (Wildman–Crippen MR) is 152 cm³/mol. The van der Waals surface area contributed by atoms with Crippen molar-refractivity contribution in [2.75, 3.05) is 10.2 Å². The number of benzene rings is 2. The molecule has 0 radical (unpaired) electrons. The van der Waals surface area contributed by atoms with Crippen LogP contribution >= 0.6 is 34.7 Å². The minimum Gasteiger partial charge on any atom is -0.325 e. The summed E-state index contributed by atoms with van der Waals surface area (Å²) in [7, 11) is 0. The molecule has 4 aromatic rings. The third kappa shape index (κ3) is 4.58. The zero-order valence-corrected chi connectivity index (χ0v) is 22.9. The molecule has 2 aliphatic rings. The molecule has 3 amide bonds. The van der Waals surface area contributed by atoms with Gasteiger partial charge in [-0.1, -0.05) is 58.5 Å². The Bertz CT molecular complexity index is 1650. The topological polar surface area (TPSA) is 101 Å². The van der Waals surface area contributed by atoms with Gasteiger partial charge in [0.25, 0.3) is 0 Å². The van der Waals surface area contributed by atoms with Crippen molar-refractivity contribution < 1.29 is 14.4 Å². The first-order chi connectivity index (χ1) is 18.8. The number of anilines is 2. The Kier molecular flexibility index (Phi) is 6.62. The van der Waals surface area contributed by atoms with Crippen LogP contribution < -0.4 is 15.1 Å². The molecule has 1 saturated heterocycles. The fraction of sp³-hybridized carbons (Fsp3) is 0.179. The number of hydrogen-bond donors (Lipinski definition) is 1. The maximum absolute atomic E-state index is 13.8. The van der Waals surface area contributed by atoms with Gasteiger partial charge in [-0.15, -0.1) is 0 Å². The van der Waals surface area contributed by atoms with Gasteiger partial charge < -0.3 is 5.32 Å². The van der Waals surface area contributed by atoms with Crippen molar-refractivity contribution in [2.45, 2.75) is 29.7 Å². The van der Waals surface area contributed by atoms with Gasteiger partial charge >= 0.3 is 4.87 Å². The van der Waals surface area contributed by atoms with Crippen molar-refractivity contribution in [3.63, 3.8) is 0 Å². The van der Waals surface area contributed by atoms with Crippen LogP contribution in [-0.4, -0.2) is 32.5 Å². The Labute approximate surface area is 236 Å². The Morgan fingerprint density at radius 1 is 1.03 bits per heavy atom. The molecule has 2 aromatic carbocycles. The number of hydrogen-bond acceptors (Lipinski definition) is 7. The van der Waals surface area contributed by atoms with Crippen molar-refractivity contribution in [3.05, 3.63) is 104 Å². The van der Waals surface area contributed by atoms with Gasteiger partial charge in [0.2, 0.25) is 17.7 Å². The van der Waals surface area contributed by atoms with E-state index in [1.165, 1.54) is 21.2 Å². The Balaban J connectivity index is 1.39. The van der Waals surface area contributed by atoms with E-state index in [0.717, 1.165) is 22.5 Å². The van der Waals surface area contributed by atoms with Crippen LogP contribution in [-0.2, 0) is 20.9 Å². The lowest BCUT2D eigenvalue weighted by Gasteiger charge is -2.30. The number of amides is 3. The highest BCUT2D eigenvalue weighted by molar-refractivity contribution is 8.00. The summed E-state index contributed by atoms with van der Waals surface area (Å²) in [6.45, 7) is 1.74. The Hall–Kier alpha value is -3.73. The summed E-state index contributed by atoms with van der Waals surface area (Å²) in [5, 5.41) is 3.07. The van der Waals surface area contributed by atoms with Crippen molar-refractivity contribution in [1.29, 1.82) is 0 Å². The third-order valence-corrected chi connectivity index (χ3v) is 9.67. The van der Waals surface area contributed by atoms with E-state index in [1.54, 1.807) is 54.9 Å². The van der Waals surface area contributed by atoms with Gasteiger partial charge in [-0.3, -0.25) is 28.7 Å². The van der Waals surface area contributed by atoms with Gasteiger partial charge in [0.15, 0.2) is 0 Å². The number of aromatic nitrogens is 2. The molecule has 0 saturated carbocycles. The normalized spacial score (nSPS) is 20.1. The van der Waals surface area contributed by atoms with Crippen molar-refractivity contribution in [1.82, 2.24) is 9.55 Å². The summed E-state index contributed by atoms with van der Waals surface area (Å²) in [5.74, 6) is -2.37. The standard InChI is InChI=1S/C28H21ClN4O4S2/c1-15-4-8-18(9-5-15)31-20(34)14-32-27-24(39-28(32)37)21(16-3-2-12-30-13-16)22-23(38-27)26(36)33(25(22)35)19-10-6-17(29)7-11-19/h2-13,21-23H,14H2,1H3,(H,31,34)/t21-,22+,23-/m0/s1. The maximum atomic E-state index is 13.8. The van der Waals surface area contributed by atoms with E-state index < -0.39 is 17.1 Å². The number of thioether (sulfide) groups is 1. The van der Waals surface area contributed by atoms with Gasteiger partial charge in [0, 0.05) is 33.9 Å². The molecule has 0 spiro atoms. The van der Waals surface area contributed by atoms with Gasteiger partial charge in [-0.25, -0.2) is 4.90 Å². The maximum Gasteiger partial charge on any atom is 0.308 e. The second kappa shape index (κ2) is 10.1. The van der Waals surface area contributed by atoms with Crippen LogP contribution in [0.15, 0.2) is 82.9 Å². The largest absolute Gasteiger partial charge is 0.325 e. The number of carbonyl (C=O) groups is 3. The highest BCUT2D eigenvalue weighted by Gasteiger charge is 2.56. The number of carbonyl (C=O) groups excluding carboxylic acids is 3. The monoisotopic (exact) mass is 576 g/mol. The smallest absolute Gasteiger partial charge is 0.308 e. The molecule has 2 aliphatic heterocycles. The molecular weight excluding hydrogens is 556 g/mol. The van der Waals surface area contributed by atoms with Gasteiger partial charge in [-0.2, -0.15) is 0 Å². The van der Waals surface area contributed by atoms with E-state index in [9.17, 15) is 19.2 Å². The first-order valence-corrected chi connectivity index (χ1v) is 14.2. The van der Waals surface area contributed by atoms with Crippen molar-refractivity contribution in [2.24, 2.45) is 5.92 Å². The molecule has 11 heteroatoms. The molecular formula is C28H21ClN4O4S2. The molecule has 8 nitrogen and oxygen atoms in total. The van der Waals surface area contributed by atoms with Gasteiger partial charge in [-0.05, 0) is 55.0 Å². The van der Waals surface area contributed by atoms with Crippen LogP contribution in [0.2, 0.25) is 5.02 Å². The minimum atomic E-state index is -0.772. The van der Waals surface area contributed by atoms with E-state index in [-0.39, 0.29) is 29.1 Å². The summed E-state index contributed by atoms with van der Waals surface area (Å²) in [5.41, 5.74) is 2.85. The lowest BCUT2D eigenvalue weighted by molar-refractivity contribution is -0.122. The number of nitrogens with one attached hydrogen (secondary N) is 1. The van der Waals surface area contributed by atoms with E-state index in [0.29, 0.717) is 26.3 Å². The molecule has 1 N–H and O–H groups in total. The average molecular weight is 577 g/mol. The summed E-state index contributed by atoms with van der Waals surface area (Å²) >= 11 is 8.20. The first kappa shape index (κ1) is 25.5. The number of fused-ring (bicyclic) bond motifs is 2. The predicted octanol–water partition coefficient (Wildman–Crippen LogP) is 4.70. The Morgan fingerprint density at radius 3 is 2.46 bits per heavy atom. The van der Waals surface area contributed by atoms with Crippen LogP contribution in [0.3, 0.4) is 0 Å². The zero-order valence-electron chi connectivity index (χ0n) is 20.5. The molecule has 0 unspecified atom stereocenters. The van der Waals surface area contributed by atoms with E-state index in [1.807, 2.05) is 25.1 Å². The number of nitrogens with zero attached hydrogens (tertiary/aromatic N) is 3. The van der Waals surface area contributed by atoms with Crippen LogP contribution in [0, 0.1) is 12.8 Å². The summed E-state index contributed by atoms with van der Waals surface area (Å²) in [6, 6.07) is 17.5. The van der Waals surface area contributed by atoms with E-state index in [4.69, 9.17) is 11.6 Å². The molecule has 0 bridgehead atoms. The summed E-state index contributed by atoms with van der Waals surface area (Å²) in [6.07, 6.45) is 3.28. The van der Waals surface area contributed by atoms with Gasteiger partial charge in [0.1, 0.15) is 11.8 Å². The second-order valence-electron chi connectivity index (χ2n) is 9.35. The average Bonchev–Trinajstić information content (AvgIpc) is 3.37. The molecule has 0 aliphatic carbocycles. The molecule has 196 valence electrons. The van der Waals surface area contributed by atoms with Crippen molar-refractivity contribution in [3.8, 4) is 0 Å². The first-order valence-electron chi connectivity index (χ1n) is 12.1. The molecule has 3 atom stereocenters. The van der Waals surface area contributed by atoms with E-state index in [2.05, 4.69) is 10.3 Å². The summed E-state index contributed by atoms with van der Waals surface area (Å²) in [4.78, 5) is 59.4. The molecule has 1 fully saturated rings. The van der Waals surface area contributed by atoms with E-state index >= 15 is 0 Å². The number of halogens is 1. The van der Waals surface area contributed by atoms with Crippen LogP contribution in [0.25, 0.3) is 0 Å². The lowest BCUT2D eigenvalue weighted by atomic mass is 9.84. The number of rotatable bonds is 5. The second-order valence-corrected chi connectivity index (χ2v) is 11.9. The molecule has 39 heavy (non-hydrogen) atoms. The zero-order chi connectivity index (χ0) is 27.3. The van der Waals surface area contributed by atoms with Crippen molar-refractivity contribution >= 4 is 63.8 Å². The fourth-order valence-electron chi connectivity index (χ4n) is 5.00. The molecule has 6 rings (SSSR count). The quantitative estimate of drug-likeness (QED) is 0.346. The Morgan fingerprint density at radius 2 is 1.77 bits per heavy atom. The number of aryl methyl sites for hydroxylation is 1. The van der Waals surface area contributed by atoms with Crippen LogP contribution in [0.5, 0.6) is 0 Å². The number of pyridine rings is 1. The minimum absolute atomic E-state index is 0.217. The highest BCUT2D eigenvalue weighted by atomic mass is 35.5. The molecule has 2 aromatic heterocycles. The SMILES string of the molecule is Cc1ccc(NC(=O)Cn2c3c(sc2=O)[C@@H](c2cccnc2)[C@H]2C(=O)N(c4ccc(Cl)cc4)C(=O)[C@H]2S3)cc1. The fourth-order valence-corrected chi connectivity index (χ4v) is 7.90. The number of imide groups is 1. The van der Waals surface area contributed by atoms with Crippen LogP contribution in [0.4, 0.5) is 11.4 Å². The highest BCUT2D eigenvalue weighted by Crippen LogP contribution is 2.53. The lowest BCUT2D eigenvalue weighted by Crippen LogP contribution is -2.33.